The zero-order valence-electron chi connectivity index (χ0n) is 12.3. The summed E-state index contributed by atoms with van der Waals surface area (Å²) in [5, 5.41) is 4.92. The average Bonchev–Trinajstić information content (AvgIpc) is 2.69. The fourth-order valence-corrected chi connectivity index (χ4v) is 4.14. The summed E-state index contributed by atoms with van der Waals surface area (Å²) in [4.78, 5) is 4.70. The van der Waals surface area contributed by atoms with Crippen molar-refractivity contribution in [1.82, 2.24) is 10.3 Å². The Morgan fingerprint density at radius 1 is 1.20 bits per heavy atom. The van der Waals surface area contributed by atoms with Gasteiger partial charge in [-0.3, -0.25) is 0 Å². The Morgan fingerprint density at radius 2 is 1.95 bits per heavy atom. The van der Waals surface area contributed by atoms with Gasteiger partial charge in [-0.1, -0.05) is 37.8 Å². The first kappa shape index (κ1) is 14.0. The molecule has 1 aliphatic rings. The average molecular weight is 288 g/mol. The third kappa shape index (κ3) is 3.39. The van der Waals surface area contributed by atoms with E-state index in [0.717, 1.165) is 18.0 Å². The van der Waals surface area contributed by atoms with Gasteiger partial charge in [-0.25, -0.2) is 4.98 Å². The number of rotatable bonds is 4. The summed E-state index contributed by atoms with van der Waals surface area (Å²) in [5.41, 5.74) is 1.14. The molecule has 1 heterocycles. The first-order valence-corrected chi connectivity index (χ1v) is 8.72. The molecule has 1 saturated carbocycles. The monoisotopic (exact) mass is 288 g/mol. The van der Waals surface area contributed by atoms with Crippen LogP contribution in [0.4, 0.5) is 0 Å². The summed E-state index contributed by atoms with van der Waals surface area (Å²) in [6.45, 7) is 3.26. The molecule has 2 nitrogen and oxygen atoms in total. The smallest absolute Gasteiger partial charge is 0.108 e. The molecule has 0 bridgehead atoms. The van der Waals surface area contributed by atoms with E-state index in [1.807, 2.05) is 11.3 Å². The zero-order chi connectivity index (χ0) is 13.8. The van der Waals surface area contributed by atoms with Gasteiger partial charge in [0.2, 0.25) is 0 Å². The summed E-state index contributed by atoms with van der Waals surface area (Å²) in [7, 11) is 0. The van der Waals surface area contributed by atoms with Gasteiger partial charge in [0.05, 0.1) is 10.2 Å². The second kappa shape index (κ2) is 6.68. The highest BCUT2D eigenvalue weighted by Crippen LogP contribution is 2.26. The van der Waals surface area contributed by atoms with Crippen LogP contribution in [0.25, 0.3) is 10.2 Å². The van der Waals surface area contributed by atoms with E-state index in [1.54, 1.807) is 0 Å². The Kier molecular flexibility index (Phi) is 4.69. The molecule has 0 radical (unpaired) electrons. The Balaban J connectivity index is 1.57. The van der Waals surface area contributed by atoms with E-state index >= 15 is 0 Å². The number of para-hydroxylation sites is 1. The van der Waals surface area contributed by atoms with Crippen LogP contribution in [0.1, 0.15) is 50.5 Å². The normalized spacial score (nSPS) is 19.1. The molecule has 20 heavy (non-hydrogen) atoms. The first-order valence-electron chi connectivity index (χ1n) is 7.91. The molecule has 1 N–H and O–H groups in total. The van der Waals surface area contributed by atoms with Crippen LogP contribution in [0.2, 0.25) is 0 Å². The Hall–Kier alpha value is -0.930. The third-order valence-electron chi connectivity index (χ3n) is 4.52. The highest BCUT2D eigenvalue weighted by atomic mass is 32.1. The lowest BCUT2D eigenvalue weighted by Crippen LogP contribution is -2.32. The second-order valence-corrected chi connectivity index (χ2v) is 7.11. The standard InChI is InChI=1S/C17H24N2S/c1-13(14-8-4-2-3-5-9-14)18-12-17-19-15-10-6-7-11-16(15)20-17/h6-7,10-11,13-14,18H,2-5,8-9,12H2,1H3/t13-/m0/s1. The van der Waals surface area contributed by atoms with Crippen LogP contribution >= 0.6 is 11.3 Å². The molecule has 3 heteroatoms. The first-order chi connectivity index (χ1) is 9.83. The maximum absolute atomic E-state index is 4.70. The largest absolute Gasteiger partial charge is 0.308 e. The summed E-state index contributed by atoms with van der Waals surface area (Å²) in [6, 6.07) is 9.02. The van der Waals surface area contributed by atoms with Crippen LogP contribution in [-0.4, -0.2) is 11.0 Å². The van der Waals surface area contributed by atoms with Crippen molar-refractivity contribution in [1.29, 1.82) is 0 Å². The van der Waals surface area contributed by atoms with Crippen molar-refractivity contribution in [3.8, 4) is 0 Å². The summed E-state index contributed by atoms with van der Waals surface area (Å²) >= 11 is 1.82. The van der Waals surface area contributed by atoms with Crippen LogP contribution in [-0.2, 0) is 6.54 Å². The van der Waals surface area contributed by atoms with E-state index < -0.39 is 0 Å². The van der Waals surface area contributed by atoms with Crippen molar-refractivity contribution in [3.63, 3.8) is 0 Å². The summed E-state index contributed by atoms with van der Waals surface area (Å²) in [6.07, 6.45) is 8.49. The summed E-state index contributed by atoms with van der Waals surface area (Å²) in [5.74, 6) is 0.854. The lowest BCUT2D eigenvalue weighted by molar-refractivity contribution is 0.336. The third-order valence-corrected chi connectivity index (χ3v) is 5.56. The Bertz CT molecular complexity index is 508. The van der Waals surface area contributed by atoms with E-state index in [9.17, 15) is 0 Å². The van der Waals surface area contributed by atoms with E-state index in [-0.39, 0.29) is 0 Å². The number of aromatic nitrogens is 1. The van der Waals surface area contributed by atoms with Gasteiger partial charge in [0.25, 0.3) is 0 Å². The Labute approximate surface area is 125 Å². The van der Waals surface area contributed by atoms with Gasteiger partial charge in [0.1, 0.15) is 5.01 Å². The topological polar surface area (TPSA) is 24.9 Å². The van der Waals surface area contributed by atoms with Gasteiger partial charge < -0.3 is 5.32 Å². The van der Waals surface area contributed by atoms with Crippen LogP contribution in [0.5, 0.6) is 0 Å². The molecule has 1 aliphatic carbocycles. The Morgan fingerprint density at radius 3 is 2.70 bits per heavy atom. The molecule has 0 aliphatic heterocycles. The van der Waals surface area contributed by atoms with E-state index in [4.69, 9.17) is 4.98 Å². The maximum Gasteiger partial charge on any atom is 0.108 e. The van der Waals surface area contributed by atoms with Gasteiger partial charge >= 0.3 is 0 Å². The molecule has 0 saturated heterocycles. The number of nitrogens with zero attached hydrogens (tertiary/aromatic N) is 1. The predicted molar refractivity (Wildman–Crippen MR) is 87.1 cm³/mol. The van der Waals surface area contributed by atoms with Crippen molar-refractivity contribution in [2.75, 3.05) is 0 Å². The maximum atomic E-state index is 4.70. The van der Waals surface area contributed by atoms with Crippen LogP contribution in [0.15, 0.2) is 24.3 Å². The molecule has 108 valence electrons. The predicted octanol–water partition coefficient (Wildman–Crippen LogP) is 4.74. The fraction of sp³-hybridized carbons (Fsp3) is 0.588. The highest BCUT2D eigenvalue weighted by Gasteiger charge is 2.18. The molecule has 1 atom stereocenters. The zero-order valence-corrected chi connectivity index (χ0v) is 13.1. The molecule has 0 unspecified atom stereocenters. The van der Waals surface area contributed by atoms with Crippen molar-refractivity contribution in [2.45, 2.75) is 58.0 Å². The molecule has 1 fully saturated rings. The minimum atomic E-state index is 0.611. The highest BCUT2D eigenvalue weighted by molar-refractivity contribution is 7.18. The van der Waals surface area contributed by atoms with Crippen LogP contribution in [0.3, 0.4) is 0 Å². The number of thiazole rings is 1. The van der Waals surface area contributed by atoms with Crippen LogP contribution in [0, 0.1) is 5.92 Å². The fourth-order valence-electron chi connectivity index (χ4n) is 3.22. The molecule has 0 amide bonds. The molecular formula is C17H24N2S. The molecular weight excluding hydrogens is 264 g/mol. The number of benzene rings is 1. The molecule has 1 aromatic carbocycles. The van der Waals surface area contributed by atoms with E-state index in [0.29, 0.717) is 6.04 Å². The minimum Gasteiger partial charge on any atom is -0.308 e. The SMILES string of the molecule is C[C@H](NCc1nc2ccccc2s1)C1CCCCCC1. The van der Waals surface area contributed by atoms with Crippen molar-refractivity contribution >= 4 is 21.6 Å². The van der Waals surface area contributed by atoms with Crippen molar-refractivity contribution in [2.24, 2.45) is 5.92 Å². The summed E-state index contributed by atoms with van der Waals surface area (Å²) < 4.78 is 1.30. The van der Waals surface area contributed by atoms with Crippen molar-refractivity contribution in [3.05, 3.63) is 29.3 Å². The van der Waals surface area contributed by atoms with Crippen LogP contribution < -0.4 is 5.32 Å². The lowest BCUT2D eigenvalue weighted by atomic mass is 9.93. The van der Waals surface area contributed by atoms with Crippen molar-refractivity contribution < 1.29 is 0 Å². The van der Waals surface area contributed by atoms with Gasteiger partial charge in [-0.15, -0.1) is 11.3 Å². The van der Waals surface area contributed by atoms with E-state index in [1.165, 1.54) is 48.2 Å². The number of hydrogen-bond acceptors (Lipinski definition) is 3. The van der Waals surface area contributed by atoms with E-state index in [2.05, 4.69) is 36.5 Å². The van der Waals surface area contributed by atoms with Gasteiger partial charge in [0, 0.05) is 12.6 Å². The van der Waals surface area contributed by atoms with Gasteiger partial charge in [0.15, 0.2) is 0 Å². The number of fused-ring (bicyclic) bond motifs is 1. The number of nitrogens with one attached hydrogen (secondary N) is 1. The number of hydrogen-bond donors (Lipinski definition) is 1. The quantitative estimate of drug-likeness (QED) is 0.822. The van der Waals surface area contributed by atoms with Gasteiger partial charge in [-0.2, -0.15) is 0 Å². The second-order valence-electron chi connectivity index (χ2n) is 6.00. The molecule has 1 aromatic heterocycles. The minimum absolute atomic E-state index is 0.611. The molecule has 0 spiro atoms. The lowest BCUT2D eigenvalue weighted by Gasteiger charge is -2.23. The van der Waals surface area contributed by atoms with Gasteiger partial charge in [-0.05, 0) is 37.8 Å². The molecule has 2 aromatic rings. The molecule has 3 rings (SSSR count).